The highest BCUT2D eigenvalue weighted by Gasteiger charge is 2.37. The van der Waals surface area contributed by atoms with Crippen LogP contribution in [0.4, 0.5) is 19.4 Å². The fourth-order valence-corrected chi connectivity index (χ4v) is 4.44. The molecule has 2 fully saturated rings. The molecule has 0 spiro atoms. The highest BCUT2D eigenvalue weighted by molar-refractivity contribution is 6.30. The molecule has 1 saturated carbocycles. The predicted molar refractivity (Wildman–Crippen MR) is 122 cm³/mol. The number of carbonyl (C=O) groups excluding carboxylic acids is 2. The van der Waals surface area contributed by atoms with E-state index in [-0.39, 0.29) is 42.9 Å². The number of halogens is 3. The SMILES string of the molecule is O=C(CCOc1ccc(Cl)cc1)NC1CCC(N2CCN(c3cnc(C(F)F)cn3)C2=O)CC1. The number of nitrogens with zero attached hydrogens (tertiary/aromatic N) is 4. The average molecular weight is 494 g/mol. The second kappa shape index (κ2) is 10.9. The van der Waals surface area contributed by atoms with Gasteiger partial charge in [0.1, 0.15) is 11.4 Å². The Morgan fingerprint density at radius 1 is 1.12 bits per heavy atom. The van der Waals surface area contributed by atoms with Gasteiger partial charge in [-0.3, -0.25) is 9.69 Å². The minimum Gasteiger partial charge on any atom is -0.493 e. The molecular formula is C23H26ClF2N5O3. The smallest absolute Gasteiger partial charge is 0.326 e. The molecule has 4 rings (SSSR count). The molecule has 3 amide bonds. The van der Waals surface area contributed by atoms with Crippen LogP contribution in [0.5, 0.6) is 5.75 Å². The summed E-state index contributed by atoms with van der Waals surface area (Å²) in [6, 6.07) is 6.94. The molecule has 2 aliphatic rings. The molecule has 0 bridgehead atoms. The lowest BCUT2D eigenvalue weighted by Crippen LogP contribution is -2.45. The third kappa shape index (κ3) is 5.91. The van der Waals surface area contributed by atoms with Gasteiger partial charge in [0.25, 0.3) is 6.43 Å². The van der Waals surface area contributed by atoms with E-state index in [0.717, 1.165) is 31.9 Å². The molecule has 2 heterocycles. The second-order valence-electron chi connectivity index (χ2n) is 8.35. The molecule has 11 heteroatoms. The van der Waals surface area contributed by atoms with Gasteiger partial charge in [0.2, 0.25) is 5.91 Å². The number of anilines is 1. The third-order valence-corrected chi connectivity index (χ3v) is 6.37. The molecule has 1 aromatic heterocycles. The van der Waals surface area contributed by atoms with Gasteiger partial charge in [0.05, 0.1) is 25.4 Å². The second-order valence-corrected chi connectivity index (χ2v) is 8.79. The third-order valence-electron chi connectivity index (χ3n) is 6.11. The number of aromatic nitrogens is 2. The fourth-order valence-electron chi connectivity index (χ4n) is 4.31. The molecule has 1 N–H and O–H groups in total. The van der Waals surface area contributed by atoms with E-state index in [4.69, 9.17) is 16.3 Å². The van der Waals surface area contributed by atoms with Crippen LogP contribution in [0.15, 0.2) is 36.7 Å². The van der Waals surface area contributed by atoms with Gasteiger partial charge >= 0.3 is 6.03 Å². The predicted octanol–water partition coefficient (Wildman–Crippen LogP) is 4.21. The van der Waals surface area contributed by atoms with Gasteiger partial charge in [-0.05, 0) is 49.9 Å². The van der Waals surface area contributed by atoms with Crippen molar-refractivity contribution in [2.75, 3.05) is 24.6 Å². The number of benzene rings is 1. The molecular weight excluding hydrogens is 468 g/mol. The normalized spacial score (nSPS) is 20.6. The van der Waals surface area contributed by atoms with Crippen molar-refractivity contribution in [2.45, 2.75) is 50.6 Å². The topological polar surface area (TPSA) is 87.7 Å². The van der Waals surface area contributed by atoms with Crippen molar-refractivity contribution in [3.8, 4) is 5.75 Å². The summed E-state index contributed by atoms with van der Waals surface area (Å²) in [6.45, 7) is 1.26. The van der Waals surface area contributed by atoms with Gasteiger partial charge in [-0.15, -0.1) is 0 Å². The summed E-state index contributed by atoms with van der Waals surface area (Å²) in [5.74, 6) is 0.878. The Labute approximate surface area is 201 Å². The summed E-state index contributed by atoms with van der Waals surface area (Å²) in [5, 5.41) is 3.68. The maximum Gasteiger partial charge on any atom is 0.326 e. The van der Waals surface area contributed by atoms with Crippen LogP contribution >= 0.6 is 11.6 Å². The molecule has 1 aromatic carbocycles. The lowest BCUT2D eigenvalue weighted by atomic mass is 9.90. The molecule has 182 valence electrons. The van der Waals surface area contributed by atoms with E-state index >= 15 is 0 Å². The molecule has 2 aromatic rings. The van der Waals surface area contributed by atoms with Gasteiger partial charge in [-0.25, -0.2) is 23.5 Å². The van der Waals surface area contributed by atoms with Crippen LogP contribution in [-0.2, 0) is 4.79 Å². The van der Waals surface area contributed by atoms with Gasteiger partial charge in [-0.1, -0.05) is 11.6 Å². The zero-order chi connectivity index (χ0) is 24.1. The number of nitrogens with one attached hydrogen (secondary N) is 1. The van der Waals surface area contributed by atoms with E-state index in [0.29, 0.717) is 23.9 Å². The van der Waals surface area contributed by atoms with E-state index in [2.05, 4.69) is 15.3 Å². The number of rotatable bonds is 8. The van der Waals surface area contributed by atoms with Crippen molar-refractivity contribution in [1.29, 1.82) is 0 Å². The maximum absolute atomic E-state index is 12.9. The number of hydrogen-bond donors (Lipinski definition) is 1. The lowest BCUT2D eigenvalue weighted by Gasteiger charge is -2.34. The summed E-state index contributed by atoms with van der Waals surface area (Å²) in [6.07, 6.45) is 2.90. The largest absolute Gasteiger partial charge is 0.493 e. The number of urea groups is 1. The van der Waals surface area contributed by atoms with E-state index < -0.39 is 12.1 Å². The van der Waals surface area contributed by atoms with Crippen LogP contribution in [0.2, 0.25) is 5.02 Å². The van der Waals surface area contributed by atoms with Crippen LogP contribution in [-0.4, -0.2) is 58.6 Å². The number of alkyl halides is 2. The molecule has 0 unspecified atom stereocenters. The number of ether oxygens (including phenoxy) is 1. The van der Waals surface area contributed by atoms with Crippen molar-refractivity contribution in [2.24, 2.45) is 0 Å². The minimum absolute atomic E-state index is 0.0633. The van der Waals surface area contributed by atoms with Crippen LogP contribution in [0.25, 0.3) is 0 Å². The highest BCUT2D eigenvalue weighted by atomic mass is 35.5. The van der Waals surface area contributed by atoms with Crippen LogP contribution < -0.4 is 15.0 Å². The Morgan fingerprint density at radius 3 is 2.50 bits per heavy atom. The van der Waals surface area contributed by atoms with Gasteiger partial charge < -0.3 is 15.0 Å². The van der Waals surface area contributed by atoms with E-state index in [9.17, 15) is 18.4 Å². The lowest BCUT2D eigenvalue weighted by molar-refractivity contribution is -0.122. The molecule has 1 aliphatic carbocycles. The molecule has 34 heavy (non-hydrogen) atoms. The van der Waals surface area contributed by atoms with Crippen LogP contribution in [0.1, 0.15) is 44.2 Å². The standard InChI is InChI=1S/C23H26ClF2N5O3/c24-15-1-7-18(8-2-15)34-12-9-21(32)29-16-3-5-17(6-4-16)30-10-11-31(23(30)33)20-14-27-19(13-28-20)22(25)26/h1-2,7-8,13-14,16-17,22H,3-6,9-12H2,(H,29,32). The number of amides is 3. The Bertz CT molecular complexity index is 985. The van der Waals surface area contributed by atoms with E-state index in [1.807, 2.05) is 0 Å². The van der Waals surface area contributed by atoms with Gasteiger partial charge in [-0.2, -0.15) is 0 Å². The van der Waals surface area contributed by atoms with Gasteiger partial charge in [0, 0.05) is 30.2 Å². The Balaban J connectivity index is 1.19. The van der Waals surface area contributed by atoms with Crippen LogP contribution in [0.3, 0.4) is 0 Å². The monoisotopic (exact) mass is 493 g/mol. The average Bonchev–Trinajstić information content (AvgIpc) is 3.22. The van der Waals surface area contributed by atoms with Gasteiger partial charge in [0.15, 0.2) is 5.82 Å². The molecule has 0 radical (unpaired) electrons. The molecule has 0 atom stereocenters. The Hall–Kier alpha value is -3.01. The zero-order valence-corrected chi connectivity index (χ0v) is 19.3. The summed E-state index contributed by atoms with van der Waals surface area (Å²) >= 11 is 5.84. The van der Waals surface area contributed by atoms with Crippen molar-refractivity contribution < 1.29 is 23.1 Å². The molecule has 8 nitrogen and oxygen atoms in total. The van der Waals surface area contributed by atoms with Crippen molar-refractivity contribution in [3.05, 3.63) is 47.4 Å². The molecule has 1 aliphatic heterocycles. The highest BCUT2D eigenvalue weighted by Crippen LogP contribution is 2.28. The first-order valence-corrected chi connectivity index (χ1v) is 11.6. The summed E-state index contributed by atoms with van der Waals surface area (Å²) < 4.78 is 30.9. The quantitative estimate of drug-likeness (QED) is 0.595. The first kappa shape index (κ1) is 24.1. The summed E-state index contributed by atoms with van der Waals surface area (Å²) in [4.78, 5) is 36.1. The van der Waals surface area contributed by atoms with Crippen molar-refractivity contribution in [3.63, 3.8) is 0 Å². The van der Waals surface area contributed by atoms with E-state index in [1.54, 1.807) is 29.2 Å². The van der Waals surface area contributed by atoms with Crippen molar-refractivity contribution in [1.82, 2.24) is 20.2 Å². The summed E-state index contributed by atoms with van der Waals surface area (Å²) in [7, 11) is 0. The first-order valence-electron chi connectivity index (χ1n) is 11.3. The Morgan fingerprint density at radius 2 is 1.85 bits per heavy atom. The minimum atomic E-state index is -2.70. The van der Waals surface area contributed by atoms with Crippen LogP contribution in [0, 0.1) is 0 Å². The zero-order valence-electron chi connectivity index (χ0n) is 18.5. The first-order chi connectivity index (χ1) is 16.4. The number of hydrogen-bond acceptors (Lipinski definition) is 5. The number of carbonyl (C=O) groups is 2. The maximum atomic E-state index is 12.9. The van der Waals surface area contributed by atoms with Crippen molar-refractivity contribution >= 4 is 29.4 Å². The fraction of sp³-hybridized carbons (Fsp3) is 0.478. The molecule has 1 saturated heterocycles. The van der Waals surface area contributed by atoms with E-state index in [1.165, 1.54) is 11.1 Å². The summed E-state index contributed by atoms with van der Waals surface area (Å²) in [5.41, 5.74) is -0.413. The Kier molecular flexibility index (Phi) is 7.77.